The van der Waals surface area contributed by atoms with Crippen molar-refractivity contribution in [1.29, 1.82) is 0 Å². The molecule has 0 radical (unpaired) electrons. The van der Waals surface area contributed by atoms with Gasteiger partial charge >= 0.3 is 5.97 Å². The fourth-order valence-electron chi connectivity index (χ4n) is 3.56. The Bertz CT molecular complexity index is 1130. The van der Waals surface area contributed by atoms with E-state index in [9.17, 15) is 18.0 Å². The molecule has 0 saturated heterocycles. The van der Waals surface area contributed by atoms with Crippen LogP contribution in [0.1, 0.15) is 79.4 Å². The second-order valence-corrected chi connectivity index (χ2v) is 10.8. The number of carbonyl (C=O) groups is 2. The molecule has 2 aromatic rings. The van der Waals surface area contributed by atoms with Gasteiger partial charge in [0.15, 0.2) is 6.61 Å². The van der Waals surface area contributed by atoms with Crippen molar-refractivity contribution >= 4 is 27.6 Å². The quantitative estimate of drug-likeness (QED) is 0.524. The van der Waals surface area contributed by atoms with Gasteiger partial charge in [0, 0.05) is 11.7 Å². The van der Waals surface area contributed by atoms with Crippen LogP contribution in [0.2, 0.25) is 0 Å². The first-order valence-electron chi connectivity index (χ1n) is 11.2. The molecule has 1 fully saturated rings. The fourth-order valence-corrected chi connectivity index (χ4v) is 4.89. The van der Waals surface area contributed by atoms with Crippen LogP contribution in [0.4, 0.5) is 5.69 Å². The second kappa shape index (κ2) is 10.1. The van der Waals surface area contributed by atoms with Gasteiger partial charge in [-0.25, -0.2) is 17.9 Å². The monoisotopic (exact) mass is 472 g/mol. The molecule has 0 heterocycles. The highest BCUT2D eigenvalue weighted by Crippen LogP contribution is 2.32. The predicted octanol–water partition coefficient (Wildman–Crippen LogP) is 4.48. The van der Waals surface area contributed by atoms with Crippen molar-refractivity contribution in [3.63, 3.8) is 0 Å². The van der Waals surface area contributed by atoms with Crippen LogP contribution in [0.5, 0.6) is 0 Å². The zero-order chi connectivity index (χ0) is 24.3. The second-order valence-electron chi connectivity index (χ2n) is 9.12. The van der Waals surface area contributed by atoms with E-state index in [1.54, 1.807) is 13.0 Å². The highest BCUT2D eigenvalue weighted by molar-refractivity contribution is 7.89. The van der Waals surface area contributed by atoms with Gasteiger partial charge in [-0.15, -0.1) is 0 Å². The fraction of sp³-hybridized carbons (Fsp3) is 0.440. The Labute approximate surface area is 196 Å². The number of nitrogens with one attached hydrogen (secondary N) is 2. The number of benzene rings is 2. The van der Waals surface area contributed by atoms with Gasteiger partial charge in [0.2, 0.25) is 10.0 Å². The Balaban J connectivity index is 1.72. The molecule has 0 spiro atoms. The highest BCUT2D eigenvalue weighted by atomic mass is 32.2. The molecule has 0 bridgehead atoms. The predicted molar refractivity (Wildman–Crippen MR) is 128 cm³/mol. The van der Waals surface area contributed by atoms with Crippen LogP contribution in [0.3, 0.4) is 0 Å². The summed E-state index contributed by atoms with van der Waals surface area (Å²) in [5.74, 6) is -0.779. The summed E-state index contributed by atoms with van der Waals surface area (Å²) in [6, 6.07) is 10.2. The summed E-state index contributed by atoms with van der Waals surface area (Å²) in [5.41, 5.74) is 3.46. The third kappa shape index (κ3) is 6.21. The average molecular weight is 473 g/mol. The third-order valence-corrected chi connectivity index (χ3v) is 7.13. The number of para-hydroxylation sites is 1. The van der Waals surface area contributed by atoms with Crippen molar-refractivity contribution in [2.24, 2.45) is 0 Å². The summed E-state index contributed by atoms with van der Waals surface area (Å²) in [7, 11) is -3.70. The van der Waals surface area contributed by atoms with Gasteiger partial charge < -0.3 is 10.1 Å². The van der Waals surface area contributed by atoms with E-state index in [0.29, 0.717) is 5.56 Å². The molecule has 1 aliphatic carbocycles. The van der Waals surface area contributed by atoms with E-state index < -0.39 is 28.5 Å². The molecule has 1 saturated carbocycles. The maximum atomic E-state index is 12.7. The number of esters is 1. The summed E-state index contributed by atoms with van der Waals surface area (Å²) in [6.45, 7) is 9.43. The van der Waals surface area contributed by atoms with Crippen LogP contribution >= 0.6 is 0 Å². The Morgan fingerprint density at radius 1 is 1.03 bits per heavy atom. The molecule has 3 rings (SSSR count). The van der Waals surface area contributed by atoms with Crippen LogP contribution in [0.25, 0.3) is 0 Å². The summed E-state index contributed by atoms with van der Waals surface area (Å²) >= 11 is 0. The maximum absolute atomic E-state index is 12.7. The van der Waals surface area contributed by atoms with E-state index >= 15 is 0 Å². The Morgan fingerprint density at radius 3 is 2.18 bits per heavy atom. The maximum Gasteiger partial charge on any atom is 0.338 e. The van der Waals surface area contributed by atoms with Crippen LogP contribution in [0, 0.1) is 6.92 Å². The van der Waals surface area contributed by atoms with E-state index in [0.717, 1.165) is 29.7 Å². The SMILES string of the molecule is Cc1ccc(S(=O)(=O)NC2CC2)cc1C(=O)OCC(=O)Nc1c(C(C)C)cccc1C(C)C. The van der Waals surface area contributed by atoms with Crippen molar-refractivity contribution in [2.45, 2.75) is 70.2 Å². The third-order valence-electron chi connectivity index (χ3n) is 5.61. The minimum Gasteiger partial charge on any atom is -0.452 e. The van der Waals surface area contributed by atoms with E-state index in [1.807, 2.05) is 18.2 Å². The van der Waals surface area contributed by atoms with Crippen LogP contribution in [-0.2, 0) is 19.6 Å². The number of rotatable bonds is 9. The molecule has 0 unspecified atom stereocenters. The average Bonchev–Trinajstić information content (AvgIpc) is 3.55. The lowest BCUT2D eigenvalue weighted by Crippen LogP contribution is -2.26. The van der Waals surface area contributed by atoms with E-state index in [2.05, 4.69) is 37.7 Å². The zero-order valence-corrected chi connectivity index (χ0v) is 20.6. The highest BCUT2D eigenvalue weighted by Gasteiger charge is 2.29. The smallest absolute Gasteiger partial charge is 0.338 e. The molecule has 0 atom stereocenters. The molecular weight excluding hydrogens is 440 g/mol. The van der Waals surface area contributed by atoms with Gasteiger partial charge in [-0.2, -0.15) is 0 Å². The van der Waals surface area contributed by atoms with E-state index in [1.165, 1.54) is 12.1 Å². The van der Waals surface area contributed by atoms with Gasteiger partial charge in [-0.3, -0.25) is 4.79 Å². The van der Waals surface area contributed by atoms with Crippen molar-refractivity contribution in [1.82, 2.24) is 4.72 Å². The number of hydrogen-bond acceptors (Lipinski definition) is 5. The minimum atomic E-state index is -3.70. The number of sulfonamides is 1. The summed E-state index contributed by atoms with van der Waals surface area (Å²) in [4.78, 5) is 25.3. The van der Waals surface area contributed by atoms with Crippen LogP contribution in [-0.4, -0.2) is 32.9 Å². The molecule has 7 nitrogen and oxygen atoms in total. The summed E-state index contributed by atoms with van der Waals surface area (Å²) in [6.07, 6.45) is 1.63. The number of anilines is 1. The largest absolute Gasteiger partial charge is 0.452 e. The first-order valence-corrected chi connectivity index (χ1v) is 12.7. The van der Waals surface area contributed by atoms with Gasteiger partial charge in [-0.05, 0) is 60.4 Å². The molecule has 0 aliphatic heterocycles. The molecule has 2 N–H and O–H groups in total. The lowest BCUT2D eigenvalue weighted by molar-refractivity contribution is -0.119. The summed E-state index contributed by atoms with van der Waals surface area (Å²) in [5, 5.41) is 2.91. The topological polar surface area (TPSA) is 102 Å². The Kier molecular flexibility index (Phi) is 7.59. The van der Waals surface area contributed by atoms with Crippen LogP contribution < -0.4 is 10.0 Å². The van der Waals surface area contributed by atoms with E-state index in [-0.39, 0.29) is 28.3 Å². The lowest BCUT2D eigenvalue weighted by Gasteiger charge is -2.20. The number of aryl methyl sites for hydroxylation is 1. The van der Waals surface area contributed by atoms with Crippen LogP contribution in [0.15, 0.2) is 41.3 Å². The normalized spacial score (nSPS) is 13.9. The number of hydrogen-bond donors (Lipinski definition) is 2. The molecule has 2 aromatic carbocycles. The van der Waals surface area contributed by atoms with Gasteiger partial charge in [0.05, 0.1) is 10.5 Å². The molecule has 8 heteroatoms. The molecule has 33 heavy (non-hydrogen) atoms. The number of carbonyl (C=O) groups excluding carboxylic acids is 2. The van der Waals surface area contributed by atoms with Crippen molar-refractivity contribution < 1.29 is 22.7 Å². The minimum absolute atomic E-state index is 0.00355. The first-order chi connectivity index (χ1) is 15.5. The Hall–Kier alpha value is -2.71. The van der Waals surface area contributed by atoms with Crippen molar-refractivity contribution in [3.05, 3.63) is 58.7 Å². The number of amides is 1. The Morgan fingerprint density at radius 2 is 1.64 bits per heavy atom. The van der Waals surface area contributed by atoms with E-state index in [4.69, 9.17) is 4.74 Å². The van der Waals surface area contributed by atoms with Crippen molar-refractivity contribution in [3.8, 4) is 0 Å². The molecule has 1 amide bonds. The number of ether oxygens (including phenoxy) is 1. The van der Waals surface area contributed by atoms with Gasteiger partial charge in [0.25, 0.3) is 5.91 Å². The standard InChI is InChI=1S/C25H32N2O5S/c1-15(2)20-7-6-8-21(16(3)4)24(20)26-23(28)14-32-25(29)22-13-19(12-9-17(22)5)33(30,31)27-18-10-11-18/h6-9,12-13,15-16,18,27H,10-11,14H2,1-5H3,(H,26,28). The zero-order valence-electron chi connectivity index (χ0n) is 19.8. The molecule has 0 aromatic heterocycles. The van der Waals surface area contributed by atoms with Gasteiger partial charge in [-0.1, -0.05) is 52.0 Å². The molecular formula is C25H32N2O5S. The first kappa shape index (κ1) is 24.9. The van der Waals surface area contributed by atoms with Crippen molar-refractivity contribution in [2.75, 3.05) is 11.9 Å². The van der Waals surface area contributed by atoms with Gasteiger partial charge in [0.1, 0.15) is 0 Å². The summed E-state index contributed by atoms with van der Waals surface area (Å²) < 4.78 is 32.8. The molecule has 1 aliphatic rings. The lowest BCUT2D eigenvalue weighted by atomic mass is 9.92. The molecule has 178 valence electrons.